The number of aliphatic hydroxyl groups is 1. The molecule has 0 aromatic heterocycles. The zero-order chi connectivity index (χ0) is 4.99. The maximum Gasteiger partial charge on any atom is 0.196 e. The number of alkyl halides is 1. The van der Waals surface area contributed by atoms with E-state index < -0.39 is 6.36 Å². The van der Waals surface area contributed by atoms with Gasteiger partial charge in [0.05, 0.1) is 0 Å². The van der Waals surface area contributed by atoms with E-state index in [4.69, 9.17) is 5.11 Å². The SMILES string of the molecule is CCC[C@@H](O)F. The van der Waals surface area contributed by atoms with Crippen LogP contribution in [0.5, 0.6) is 0 Å². The van der Waals surface area contributed by atoms with Crippen LogP contribution < -0.4 is 0 Å². The smallest absolute Gasteiger partial charge is 0.196 e. The van der Waals surface area contributed by atoms with Gasteiger partial charge in [-0.05, 0) is 0 Å². The molecule has 0 aromatic carbocycles. The van der Waals surface area contributed by atoms with E-state index in [2.05, 4.69) is 0 Å². The van der Waals surface area contributed by atoms with Crippen molar-refractivity contribution < 1.29 is 9.50 Å². The second kappa shape index (κ2) is 3.09. The summed E-state index contributed by atoms with van der Waals surface area (Å²) in [5.41, 5.74) is 0. The van der Waals surface area contributed by atoms with Crippen molar-refractivity contribution in [1.29, 1.82) is 0 Å². The number of halogens is 1. The highest BCUT2D eigenvalue weighted by Crippen LogP contribution is 1.93. The Kier molecular flexibility index (Phi) is 3.04. The van der Waals surface area contributed by atoms with Crippen LogP contribution in [0.4, 0.5) is 4.39 Å². The highest BCUT2D eigenvalue weighted by Gasteiger charge is 1.92. The molecular weight excluding hydrogens is 83.0 g/mol. The van der Waals surface area contributed by atoms with Gasteiger partial charge in [-0.2, -0.15) is 0 Å². The molecule has 0 unspecified atom stereocenters. The first-order valence-corrected chi connectivity index (χ1v) is 2.09. The Morgan fingerprint density at radius 3 is 2.33 bits per heavy atom. The zero-order valence-corrected chi connectivity index (χ0v) is 3.82. The topological polar surface area (TPSA) is 20.2 Å². The molecule has 1 nitrogen and oxygen atoms in total. The van der Waals surface area contributed by atoms with Gasteiger partial charge in [-0.3, -0.25) is 0 Å². The lowest BCUT2D eigenvalue weighted by molar-refractivity contribution is 0.0340. The van der Waals surface area contributed by atoms with Crippen molar-refractivity contribution in [3.63, 3.8) is 0 Å². The highest BCUT2D eigenvalue weighted by atomic mass is 19.1. The molecule has 0 aliphatic rings. The Balaban J connectivity index is 2.63. The van der Waals surface area contributed by atoms with Crippen LogP contribution in [0, 0.1) is 0 Å². The second-order valence-corrected chi connectivity index (χ2v) is 1.22. The standard InChI is InChI=1S/C4H9FO/c1-2-3-4(5)6/h4,6H,2-3H2,1H3/t4-/m1/s1. The molecule has 0 aliphatic carbocycles. The Morgan fingerprint density at radius 1 is 1.83 bits per heavy atom. The number of hydrogen-bond donors (Lipinski definition) is 1. The van der Waals surface area contributed by atoms with E-state index in [0.717, 1.165) is 0 Å². The lowest BCUT2D eigenvalue weighted by Gasteiger charge is -1.91. The lowest BCUT2D eigenvalue weighted by atomic mass is 10.3. The lowest BCUT2D eigenvalue weighted by Crippen LogP contribution is -1.93. The Labute approximate surface area is 36.8 Å². The summed E-state index contributed by atoms with van der Waals surface area (Å²) < 4.78 is 11.3. The van der Waals surface area contributed by atoms with E-state index in [1.54, 1.807) is 0 Å². The molecule has 1 atom stereocenters. The van der Waals surface area contributed by atoms with Crippen LogP contribution in [0.1, 0.15) is 19.8 Å². The van der Waals surface area contributed by atoms with Gasteiger partial charge in [0.15, 0.2) is 6.36 Å². The molecular formula is C4H9FO. The van der Waals surface area contributed by atoms with Gasteiger partial charge in [0.25, 0.3) is 0 Å². The average molecular weight is 92.1 g/mol. The van der Waals surface area contributed by atoms with Gasteiger partial charge in [0.1, 0.15) is 0 Å². The third-order valence-electron chi connectivity index (χ3n) is 0.527. The molecule has 1 N–H and O–H groups in total. The minimum Gasteiger partial charge on any atom is -0.364 e. The average Bonchev–Trinajstić information content (AvgIpc) is 1.35. The van der Waals surface area contributed by atoms with E-state index in [0.29, 0.717) is 6.42 Å². The molecule has 6 heavy (non-hydrogen) atoms. The van der Waals surface area contributed by atoms with Crippen molar-refractivity contribution in [1.82, 2.24) is 0 Å². The van der Waals surface area contributed by atoms with Crippen LogP contribution in [-0.4, -0.2) is 11.5 Å². The van der Waals surface area contributed by atoms with Gasteiger partial charge in [0, 0.05) is 6.42 Å². The van der Waals surface area contributed by atoms with Crippen LogP contribution >= 0.6 is 0 Å². The molecule has 0 bridgehead atoms. The van der Waals surface area contributed by atoms with Crippen molar-refractivity contribution >= 4 is 0 Å². The Hall–Kier alpha value is -0.110. The monoisotopic (exact) mass is 92.1 g/mol. The molecule has 0 saturated carbocycles. The molecule has 2 heteroatoms. The summed E-state index contributed by atoms with van der Waals surface area (Å²) in [5.74, 6) is 0. The van der Waals surface area contributed by atoms with E-state index in [1.807, 2.05) is 6.92 Å². The molecule has 0 spiro atoms. The first kappa shape index (κ1) is 5.89. The Morgan fingerprint density at radius 2 is 2.33 bits per heavy atom. The summed E-state index contributed by atoms with van der Waals surface area (Å²) >= 11 is 0. The highest BCUT2D eigenvalue weighted by molar-refractivity contribution is 4.32. The number of rotatable bonds is 2. The molecule has 38 valence electrons. The zero-order valence-electron chi connectivity index (χ0n) is 3.82. The van der Waals surface area contributed by atoms with Gasteiger partial charge in [-0.15, -0.1) is 0 Å². The molecule has 0 heterocycles. The van der Waals surface area contributed by atoms with Gasteiger partial charge in [-0.25, -0.2) is 4.39 Å². The van der Waals surface area contributed by atoms with E-state index in [9.17, 15) is 4.39 Å². The predicted molar refractivity (Wildman–Crippen MR) is 22.0 cm³/mol. The molecule has 0 fully saturated rings. The summed E-state index contributed by atoms with van der Waals surface area (Å²) in [6.07, 6.45) is -0.632. The third kappa shape index (κ3) is 3.89. The maximum atomic E-state index is 11.3. The summed E-state index contributed by atoms with van der Waals surface area (Å²) in [6, 6.07) is 0. The van der Waals surface area contributed by atoms with Crippen LogP contribution in [0.15, 0.2) is 0 Å². The summed E-state index contributed by atoms with van der Waals surface area (Å²) in [6.45, 7) is 1.82. The van der Waals surface area contributed by atoms with Crippen molar-refractivity contribution in [3.8, 4) is 0 Å². The molecule has 0 radical (unpaired) electrons. The maximum absolute atomic E-state index is 11.3. The largest absolute Gasteiger partial charge is 0.364 e. The number of aliphatic hydroxyl groups excluding tert-OH is 1. The first-order chi connectivity index (χ1) is 2.77. The van der Waals surface area contributed by atoms with Crippen molar-refractivity contribution in [2.45, 2.75) is 26.1 Å². The van der Waals surface area contributed by atoms with Gasteiger partial charge in [-0.1, -0.05) is 13.3 Å². The molecule has 0 aliphatic heterocycles. The van der Waals surface area contributed by atoms with Crippen molar-refractivity contribution in [2.24, 2.45) is 0 Å². The van der Waals surface area contributed by atoms with Gasteiger partial charge in [0.2, 0.25) is 0 Å². The molecule has 0 aromatic rings. The predicted octanol–water partition coefficient (Wildman–Crippen LogP) is 1.07. The quantitative estimate of drug-likeness (QED) is 0.540. The second-order valence-electron chi connectivity index (χ2n) is 1.22. The fraction of sp³-hybridized carbons (Fsp3) is 1.00. The van der Waals surface area contributed by atoms with Crippen LogP contribution in [0.2, 0.25) is 0 Å². The Bertz CT molecular complexity index is 28.7. The summed E-state index contributed by atoms with van der Waals surface area (Å²) in [5, 5.41) is 7.89. The fourth-order valence-corrected chi connectivity index (χ4v) is 0.238. The summed E-state index contributed by atoms with van der Waals surface area (Å²) in [7, 11) is 0. The minimum absolute atomic E-state index is 0.264. The normalized spacial score (nSPS) is 14.5. The van der Waals surface area contributed by atoms with Crippen LogP contribution in [0.3, 0.4) is 0 Å². The van der Waals surface area contributed by atoms with Crippen LogP contribution in [-0.2, 0) is 0 Å². The van der Waals surface area contributed by atoms with Gasteiger partial charge >= 0.3 is 0 Å². The summed E-state index contributed by atoms with van der Waals surface area (Å²) in [4.78, 5) is 0. The molecule has 0 saturated heterocycles. The fourth-order valence-electron chi connectivity index (χ4n) is 0.238. The first-order valence-electron chi connectivity index (χ1n) is 2.09. The number of hydrogen-bond acceptors (Lipinski definition) is 1. The molecule has 0 amide bonds. The van der Waals surface area contributed by atoms with Gasteiger partial charge < -0.3 is 5.11 Å². The van der Waals surface area contributed by atoms with Crippen molar-refractivity contribution in [3.05, 3.63) is 0 Å². The van der Waals surface area contributed by atoms with E-state index in [1.165, 1.54) is 0 Å². The third-order valence-corrected chi connectivity index (χ3v) is 0.527. The van der Waals surface area contributed by atoms with E-state index >= 15 is 0 Å². The minimum atomic E-state index is -1.60. The molecule has 0 rings (SSSR count). The van der Waals surface area contributed by atoms with Crippen LogP contribution in [0.25, 0.3) is 0 Å². The van der Waals surface area contributed by atoms with Crippen molar-refractivity contribution in [2.75, 3.05) is 0 Å². The van der Waals surface area contributed by atoms with E-state index in [-0.39, 0.29) is 6.42 Å².